The van der Waals surface area contributed by atoms with Crippen LogP contribution < -0.4 is 10.1 Å². The molecule has 0 amide bonds. The van der Waals surface area contributed by atoms with Crippen molar-refractivity contribution in [1.82, 2.24) is 20.4 Å². The van der Waals surface area contributed by atoms with Crippen LogP contribution in [0.1, 0.15) is 17.8 Å². The van der Waals surface area contributed by atoms with Gasteiger partial charge in [-0.05, 0) is 41.2 Å². The number of halogens is 3. The van der Waals surface area contributed by atoms with Gasteiger partial charge in [-0.1, -0.05) is 5.16 Å². The molecule has 6 nitrogen and oxygen atoms in total. The SMILES string of the molecule is CN1CCNCC1c1noc(COc2ccc(F)cc2Br)n1.Cl. The summed E-state index contributed by atoms with van der Waals surface area (Å²) in [5.74, 6) is 1.24. The predicted molar refractivity (Wildman–Crippen MR) is 88.2 cm³/mol. The molecule has 1 unspecified atom stereocenters. The largest absolute Gasteiger partial charge is 0.483 e. The predicted octanol–water partition coefficient (Wildman–Crippen LogP) is 2.55. The first-order valence-electron chi connectivity index (χ1n) is 6.95. The minimum atomic E-state index is -0.327. The molecule has 2 aromatic rings. The average Bonchev–Trinajstić information content (AvgIpc) is 2.95. The van der Waals surface area contributed by atoms with Crippen molar-refractivity contribution in [3.05, 3.63) is 40.2 Å². The maximum absolute atomic E-state index is 13.0. The summed E-state index contributed by atoms with van der Waals surface area (Å²) < 4.78 is 24.4. The van der Waals surface area contributed by atoms with E-state index in [0.717, 1.165) is 19.6 Å². The maximum Gasteiger partial charge on any atom is 0.264 e. The summed E-state index contributed by atoms with van der Waals surface area (Å²) in [6, 6.07) is 4.33. The molecule has 1 N–H and O–H groups in total. The van der Waals surface area contributed by atoms with Crippen LogP contribution >= 0.6 is 28.3 Å². The lowest BCUT2D eigenvalue weighted by Gasteiger charge is -2.30. The van der Waals surface area contributed by atoms with Crippen LogP contribution in [0.4, 0.5) is 4.39 Å². The summed E-state index contributed by atoms with van der Waals surface area (Å²) in [5.41, 5.74) is 0. The minimum absolute atomic E-state index is 0. The second kappa shape index (κ2) is 8.05. The maximum atomic E-state index is 13.0. The number of nitrogens with zero attached hydrogens (tertiary/aromatic N) is 3. The van der Waals surface area contributed by atoms with Gasteiger partial charge in [0.05, 0.1) is 10.5 Å². The number of ether oxygens (including phenoxy) is 1. The lowest BCUT2D eigenvalue weighted by atomic mass is 10.2. The Hall–Kier alpha value is -1.22. The molecule has 1 saturated heterocycles. The third-order valence-corrected chi connectivity index (χ3v) is 4.16. The first kappa shape index (κ1) is 18.1. The van der Waals surface area contributed by atoms with E-state index in [4.69, 9.17) is 9.26 Å². The van der Waals surface area contributed by atoms with Crippen molar-refractivity contribution in [2.75, 3.05) is 26.7 Å². The second-order valence-corrected chi connectivity index (χ2v) is 5.96. The molecule has 0 bridgehead atoms. The summed E-state index contributed by atoms with van der Waals surface area (Å²) in [6.45, 7) is 2.83. The van der Waals surface area contributed by atoms with Gasteiger partial charge in [0, 0.05) is 19.6 Å². The van der Waals surface area contributed by atoms with Gasteiger partial charge >= 0.3 is 0 Å². The molecule has 3 rings (SSSR count). The first-order valence-corrected chi connectivity index (χ1v) is 7.74. The molecular formula is C14H17BrClFN4O2. The fraction of sp³-hybridized carbons (Fsp3) is 0.429. The number of hydrogen-bond donors (Lipinski definition) is 1. The van der Waals surface area contributed by atoms with E-state index in [9.17, 15) is 4.39 Å². The highest BCUT2D eigenvalue weighted by molar-refractivity contribution is 9.10. The van der Waals surface area contributed by atoms with Crippen molar-refractivity contribution >= 4 is 28.3 Å². The van der Waals surface area contributed by atoms with Gasteiger partial charge in [-0.25, -0.2) is 4.39 Å². The molecule has 1 aliphatic rings. The Labute approximate surface area is 147 Å². The standard InChI is InChI=1S/C14H16BrFN4O2.ClH/c1-20-5-4-17-7-11(20)14-18-13(22-19-14)8-21-12-3-2-9(16)6-10(12)15;/h2-3,6,11,17H,4-5,7-8H2,1H3;1H. The van der Waals surface area contributed by atoms with Gasteiger partial charge in [-0.15, -0.1) is 12.4 Å². The highest BCUT2D eigenvalue weighted by Gasteiger charge is 2.25. The van der Waals surface area contributed by atoms with Crippen LogP contribution in [0.15, 0.2) is 27.2 Å². The average molecular weight is 408 g/mol. The summed E-state index contributed by atoms with van der Waals surface area (Å²) in [6.07, 6.45) is 0. The Morgan fingerprint density at radius 3 is 3.09 bits per heavy atom. The number of hydrogen-bond acceptors (Lipinski definition) is 6. The number of likely N-dealkylation sites (N-methyl/N-ethyl adjacent to an activating group) is 1. The molecule has 9 heteroatoms. The first-order chi connectivity index (χ1) is 10.6. The molecule has 23 heavy (non-hydrogen) atoms. The molecule has 1 fully saturated rings. The molecule has 1 atom stereocenters. The molecule has 0 spiro atoms. The van der Waals surface area contributed by atoms with Crippen molar-refractivity contribution in [3.8, 4) is 5.75 Å². The Kier molecular flexibility index (Phi) is 6.34. The zero-order valence-electron chi connectivity index (χ0n) is 12.5. The molecule has 1 aromatic heterocycles. The number of benzene rings is 1. The second-order valence-electron chi connectivity index (χ2n) is 5.11. The fourth-order valence-corrected chi connectivity index (χ4v) is 2.75. The highest BCUT2D eigenvalue weighted by Crippen LogP contribution is 2.26. The molecule has 0 saturated carbocycles. The van der Waals surface area contributed by atoms with E-state index in [1.165, 1.54) is 12.1 Å². The minimum Gasteiger partial charge on any atom is -0.483 e. The molecule has 0 aliphatic carbocycles. The van der Waals surface area contributed by atoms with Gasteiger partial charge in [-0.2, -0.15) is 4.98 Å². The van der Waals surface area contributed by atoms with Crippen molar-refractivity contribution in [1.29, 1.82) is 0 Å². The molecule has 0 radical (unpaired) electrons. The summed E-state index contributed by atoms with van der Waals surface area (Å²) in [4.78, 5) is 6.56. The van der Waals surface area contributed by atoms with Crippen LogP contribution in [0.3, 0.4) is 0 Å². The van der Waals surface area contributed by atoms with Crippen LogP contribution in [0, 0.1) is 5.82 Å². The van der Waals surface area contributed by atoms with Crippen LogP contribution in [0.25, 0.3) is 0 Å². The van der Waals surface area contributed by atoms with Crippen LogP contribution in [0.2, 0.25) is 0 Å². The van der Waals surface area contributed by atoms with E-state index in [2.05, 4.69) is 36.3 Å². The highest BCUT2D eigenvalue weighted by atomic mass is 79.9. The zero-order chi connectivity index (χ0) is 15.5. The Morgan fingerprint density at radius 2 is 2.35 bits per heavy atom. The monoisotopic (exact) mass is 406 g/mol. The third kappa shape index (κ3) is 4.41. The van der Waals surface area contributed by atoms with Gasteiger partial charge < -0.3 is 14.6 Å². The van der Waals surface area contributed by atoms with Gasteiger partial charge in [0.15, 0.2) is 12.4 Å². The van der Waals surface area contributed by atoms with E-state index < -0.39 is 0 Å². The van der Waals surface area contributed by atoms with Crippen molar-refractivity contribution in [2.45, 2.75) is 12.6 Å². The van der Waals surface area contributed by atoms with Crippen LogP contribution in [-0.2, 0) is 6.61 Å². The smallest absolute Gasteiger partial charge is 0.264 e. The molecule has 1 aliphatic heterocycles. The fourth-order valence-electron chi connectivity index (χ4n) is 2.29. The molecular weight excluding hydrogens is 391 g/mol. The third-order valence-electron chi connectivity index (χ3n) is 3.54. The van der Waals surface area contributed by atoms with Crippen LogP contribution in [0.5, 0.6) is 5.75 Å². The normalized spacial score (nSPS) is 18.5. The van der Waals surface area contributed by atoms with E-state index in [1.807, 2.05) is 7.05 Å². The molecule has 2 heterocycles. The van der Waals surface area contributed by atoms with Gasteiger partial charge in [-0.3, -0.25) is 4.90 Å². The van der Waals surface area contributed by atoms with Gasteiger partial charge in [0.2, 0.25) is 0 Å². The van der Waals surface area contributed by atoms with Crippen molar-refractivity contribution in [3.63, 3.8) is 0 Å². The van der Waals surface area contributed by atoms with Crippen molar-refractivity contribution in [2.24, 2.45) is 0 Å². The van der Waals surface area contributed by atoms with Crippen molar-refractivity contribution < 1.29 is 13.7 Å². The number of nitrogens with one attached hydrogen (secondary N) is 1. The van der Waals surface area contributed by atoms with Gasteiger partial charge in [0.25, 0.3) is 5.89 Å². The number of rotatable bonds is 4. The van der Waals surface area contributed by atoms with E-state index >= 15 is 0 Å². The van der Waals surface area contributed by atoms with E-state index in [0.29, 0.717) is 21.9 Å². The number of aromatic nitrogens is 2. The quantitative estimate of drug-likeness (QED) is 0.840. The van der Waals surface area contributed by atoms with E-state index in [-0.39, 0.29) is 30.9 Å². The Bertz CT molecular complexity index is 657. The summed E-state index contributed by atoms with van der Waals surface area (Å²) in [7, 11) is 2.04. The molecule has 126 valence electrons. The number of piperazine rings is 1. The Balaban J connectivity index is 0.00000192. The van der Waals surface area contributed by atoms with E-state index in [1.54, 1.807) is 6.07 Å². The lowest BCUT2D eigenvalue weighted by Crippen LogP contribution is -2.44. The topological polar surface area (TPSA) is 63.4 Å². The molecule has 1 aromatic carbocycles. The van der Waals surface area contributed by atoms with Crippen LogP contribution in [-0.4, -0.2) is 41.7 Å². The summed E-state index contributed by atoms with van der Waals surface area (Å²) >= 11 is 3.25. The zero-order valence-corrected chi connectivity index (χ0v) is 14.9. The van der Waals surface area contributed by atoms with Gasteiger partial charge in [0.1, 0.15) is 11.6 Å². The lowest BCUT2D eigenvalue weighted by molar-refractivity contribution is 0.189. The Morgan fingerprint density at radius 1 is 1.52 bits per heavy atom. The summed E-state index contributed by atoms with van der Waals surface area (Å²) in [5, 5.41) is 7.33.